The van der Waals surface area contributed by atoms with Gasteiger partial charge < -0.3 is 5.32 Å². The Kier molecular flexibility index (Phi) is 3.92. The summed E-state index contributed by atoms with van der Waals surface area (Å²) >= 11 is 3.21. The first-order chi connectivity index (χ1) is 8.22. The molecule has 3 heteroatoms. The number of rotatable bonds is 3. The van der Waals surface area contributed by atoms with E-state index in [2.05, 4.69) is 33.4 Å². The summed E-state index contributed by atoms with van der Waals surface area (Å²) in [7, 11) is 1.90. The summed E-state index contributed by atoms with van der Waals surface area (Å²) < 4.78 is 13.7. The molecule has 0 amide bonds. The highest BCUT2D eigenvalue weighted by Crippen LogP contribution is 2.25. The minimum Gasteiger partial charge on any atom is -0.309 e. The van der Waals surface area contributed by atoms with Gasteiger partial charge in [-0.25, -0.2) is 4.39 Å². The molecular formula is C14H13BrFN. The molecule has 1 atom stereocenters. The van der Waals surface area contributed by atoms with Gasteiger partial charge in [-0.3, -0.25) is 0 Å². The molecule has 2 aromatic rings. The first-order valence-electron chi connectivity index (χ1n) is 5.39. The van der Waals surface area contributed by atoms with Gasteiger partial charge in [0.1, 0.15) is 5.82 Å². The zero-order chi connectivity index (χ0) is 12.3. The van der Waals surface area contributed by atoms with Crippen molar-refractivity contribution in [3.05, 3.63) is 69.9 Å². The number of nitrogens with one attached hydrogen (secondary N) is 1. The van der Waals surface area contributed by atoms with Crippen molar-refractivity contribution in [3.8, 4) is 0 Å². The SMILES string of the molecule is CNC(c1ccccc1)c1ccc(F)c(Br)c1. The highest BCUT2D eigenvalue weighted by molar-refractivity contribution is 9.10. The Labute approximate surface area is 109 Å². The average Bonchev–Trinajstić information content (AvgIpc) is 2.36. The molecule has 1 unspecified atom stereocenters. The van der Waals surface area contributed by atoms with E-state index in [1.54, 1.807) is 6.07 Å². The van der Waals surface area contributed by atoms with Gasteiger partial charge in [0.25, 0.3) is 0 Å². The minimum atomic E-state index is -0.239. The minimum absolute atomic E-state index is 0.0769. The van der Waals surface area contributed by atoms with E-state index in [9.17, 15) is 4.39 Å². The van der Waals surface area contributed by atoms with Gasteiger partial charge in [0, 0.05) is 0 Å². The zero-order valence-corrected chi connectivity index (χ0v) is 11.0. The summed E-state index contributed by atoms with van der Waals surface area (Å²) in [5, 5.41) is 3.24. The van der Waals surface area contributed by atoms with Crippen LogP contribution in [0.4, 0.5) is 4.39 Å². The van der Waals surface area contributed by atoms with Gasteiger partial charge in [-0.15, -0.1) is 0 Å². The number of hydrogen-bond acceptors (Lipinski definition) is 1. The Morgan fingerprint density at radius 3 is 2.35 bits per heavy atom. The highest BCUT2D eigenvalue weighted by Gasteiger charge is 2.12. The molecule has 0 aliphatic rings. The Balaban J connectivity index is 2.39. The fourth-order valence-corrected chi connectivity index (χ4v) is 2.26. The van der Waals surface area contributed by atoms with Crippen molar-refractivity contribution in [3.63, 3.8) is 0 Å². The predicted octanol–water partition coefficient (Wildman–Crippen LogP) is 3.90. The van der Waals surface area contributed by atoms with Crippen LogP contribution in [0, 0.1) is 5.82 Å². The molecule has 0 saturated carbocycles. The van der Waals surface area contributed by atoms with Crippen LogP contribution in [0.15, 0.2) is 53.0 Å². The van der Waals surface area contributed by atoms with E-state index < -0.39 is 0 Å². The first kappa shape index (κ1) is 12.3. The van der Waals surface area contributed by atoms with Crippen molar-refractivity contribution in [2.24, 2.45) is 0 Å². The van der Waals surface area contributed by atoms with Crippen LogP contribution in [0.25, 0.3) is 0 Å². The van der Waals surface area contributed by atoms with Gasteiger partial charge in [-0.1, -0.05) is 36.4 Å². The standard InChI is InChI=1S/C14H13BrFN/c1-17-14(10-5-3-2-4-6-10)11-7-8-13(16)12(15)9-11/h2-9,14,17H,1H3. The van der Waals surface area contributed by atoms with E-state index in [0.29, 0.717) is 4.47 Å². The van der Waals surface area contributed by atoms with Crippen molar-refractivity contribution >= 4 is 15.9 Å². The second-order valence-electron chi connectivity index (χ2n) is 3.81. The number of hydrogen-bond donors (Lipinski definition) is 1. The maximum absolute atomic E-state index is 13.2. The van der Waals surface area contributed by atoms with Gasteiger partial charge in [-0.2, -0.15) is 0 Å². The fraction of sp³-hybridized carbons (Fsp3) is 0.143. The van der Waals surface area contributed by atoms with Crippen molar-refractivity contribution in [1.29, 1.82) is 0 Å². The van der Waals surface area contributed by atoms with Crippen LogP contribution in [0.2, 0.25) is 0 Å². The van der Waals surface area contributed by atoms with Crippen molar-refractivity contribution < 1.29 is 4.39 Å². The zero-order valence-electron chi connectivity index (χ0n) is 9.45. The molecule has 0 radical (unpaired) electrons. The van der Waals surface area contributed by atoms with Gasteiger partial charge in [-0.05, 0) is 46.2 Å². The third-order valence-corrected chi connectivity index (χ3v) is 3.31. The normalized spacial score (nSPS) is 12.4. The topological polar surface area (TPSA) is 12.0 Å². The molecule has 0 fully saturated rings. The summed E-state index contributed by atoms with van der Waals surface area (Å²) in [4.78, 5) is 0. The second-order valence-corrected chi connectivity index (χ2v) is 4.66. The molecule has 1 nitrogen and oxygen atoms in total. The molecule has 88 valence electrons. The van der Waals surface area contributed by atoms with Crippen LogP contribution in [-0.4, -0.2) is 7.05 Å². The quantitative estimate of drug-likeness (QED) is 0.905. The molecule has 2 rings (SSSR count). The molecule has 1 N–H and O–H groups in total. The Morgan fingerprint density at radius 1 is 1.06 bits per heavy atom. The smallest absolute Gasteiger partial charge is 0.137 e. The molecule has 0 spiro atoms. The summed E-state index contributed by atoms with van der Waals surface area (Å²) in [6.45, 7) is 0. The Morgan fingerprint density at radius 2 is 1.76 bits per heavy atom. The summed E-state index contributed by atoms with van der Waals surface area (Å²) in [6.07, 6.45) is 0. The molecule has 2 aromatic carbocycles. The molecule has 0 aliphatic heterocycles. The number of benzene rings is 2. The van der Waals surface area contributed by atoms with Gasteiger partial charge in [0.2, 0.25) is 0 Å². The monoisotopic (exact) mass is 293 g/mol. The molecular weight excluding hydrogens is 281 g/mol. The summed E-state index contributed by atoms with van der Waals surface area (Å²) in [6, 6.07) is 15.3. The predicted molar refractivity (Wildman–Crippen MR) is 71.4 cm³/mol. The van der Waals surface area contributed by atoms with Gasteiger partial charge in [0.05, 0.1) is 10.5 Å². The third kappa shape index (κ3) is 2.73. The largest absolute Gasteiger partial charge is 0.309 e. The van der Waals surface area contributed by atoms with E-state index in [-0.39, 0.29) is 11.9 Å². The summed E-state index contributed by atoms with van der Waals surface area (Å²) in [5.41, 5.74) is 2.19. The molecule has 0 bridgehead atoms. The van der Waals surface area contributed by atoms with Crippen LogP contribution in [0.5, 0.6) is 0 Å². The van der Waals surface area contributed by atoms with Crippen LogP contribution >= 0.6 is 15.9 Å². The average molecular weight is 294 g/mol. The van der Waals surface area contributed by atoms with Crippen LogP contribution in [0.3, 0.4) is 0 Å². The second kappa shape index (κ2) is 5.43. The Bertz CT molecular complexity index is 499. The Hall–Kier alpha value is -1.19. The van der Waals surface area contributed by atoms with Crippen molar-refractivity contribution in [1.82, 2.24) is 5.32 Å². The van der Waals surface area contributed by atoms with Gasteiger partial charge in [0.15, 0.2) is 0 Å². The van der Waals surface area contributed by atoms with Crippen LogP contribution in [0.1, 0.15) is 17.2 Å². The van der Waals surface area contributed by atoms with E-state index in [1.807, 2.05) is 31.3 Å². The van der Waals surface area contributed by atoms with E-state index >= 15 is 0 Å². The summed E-state index contributed by atoms with van der Waals surface area (Å²) in [5.74, 6) is -0.239. The molecule has 17 heavy (non-hydrogen) atoms. The van der Waals surface area contributed by atoms with E-state index in [0.717, 1.165) is 11.1 Å². The molecule has 0 heterocycles. The molecule has 0 aliphatic carbocycles. The molecule has 0 aromatic heterocycles. The molecule has 0 saturated heterocycles. The lowest BCUT2D eigenvalue weighted by molar-refractivity contribution is 0.616. The third-order valence-electron chi connectivity index (χ3n) is 2.70. The van der Waals surface area contributed by atoms with Crippen molar-refractivity contribution in [2.45, 2.75) is 6.04 Å². The maximum atomic E-state index is 13.2. The van der Waals surface area contributed by atoms with E-state index in [4.69, 9.17) is 0 Å². The highest BCUT2D eigenvalue weighted by atomic mass is 79.9. The number of halogens is 2. The lowest BCUT2D eigenvalue weighted by Crippen LogP contribution is -2.17. The van der Waals surface area contributed by atoms with E-state index in [1.165, 1.54) is 6.07 Å². The lowest BCUT2D eigenvalue weighted by Gasteiger charge is -2.17. The van der Waals surface area contributed by atoms with Crippen LogP contribution in [-0.2, 0) is 0 Å². The maximum Gasteiger partial charge on any atom is 0.137 e. The fourth-order valence-electron chi connectivity index (χ4n) is 1.86. The first-order valence-corrected chi connectivity index (χ1v) is 6.19. The van der Waals surface area contributed by atoms with Crippen molar-refractivity contribution in [2.75, 3.05) is 7.05 Å². The van der Waals surface area contributed by atoms with Gasteiger partial charge >= 0.3 is 0 Å². The van der Waals surface area contributed by atoms with Crippen LogP contribution < -0.4 is 5.32 Å². The lowest BCUT2D eigenvalue weighted by atomic mass is 9.99.